The standard InChI is InChI=1S/C18H24N2/c1-12-10-14(6-8-16(12)19)15-7-9-17(13(2)11-15)20-18(3,4)5/h6-11,20H,19H2,1-5H3. The minimum Gasteiger partial charge on any atom is -0.399 e. The molecule has 3 N–H and O–H groups in total. The Kier molecular flexibility index (Phi) is 3.76. The van der Waals surface area contributed by atoms with Gasteiger partial charge in [0.25, 0.3) is 0 Å². The zero-order chi connectivity index (χ0) is 14.9. The van der Waals surface area contributed by atoms with Crippen LogP contribution in [-0.2, 0) is 0 Å². The van der Waals surface area contributed by atoms with E-state index in [1.165, 1.54) is 22.4 Å². The summed E-state index contributed by atoms with van der Waals surface area (Å²) < 4.78 is 0. The Morgan fingerprint density at radius 1 is 0.850 bits per heavy atom. The zero-order valence-corrected chi connectivity index (χ0v) is 13.0. The van der Waals surface area contributed by atoms with Gasteiger partial charge in [0, 0.05) is 16.9 Å². The molecule has 2 aromatic carbocycles. The number of nitrogens with one attached hydrogen (secondary N) is 1. The number of rotatable bonds is 2. The lowest BCUT2D eigenvalue weighted by molar-refractivity contribution is 0.633. The van der Waals surface area contributed by atoms with Gasteiger partial charge < -0.3 is 11.1 Å². The quantitative estimate of drug-likeness (QED) is 0.770. The van der Waals surface area contributed by atoms with Crippen LogP contribution in [0.25, 0.3) is 11.1 Å². The molecular weight excluding hydrogens is 244 g/mol. The van der Waals surface area contributed by atoms with Gasteiger partial charge in [-0.15, -0.1) is 0 Å². The second kappa shape index (κ2) is 5.20. The molecule has 0 saturated carbocycles. The van der Waals surface area contributed by atoms with Crippen molar-refractivity contribution in [2.45, 2.75) is 40.2 Å². The van der Waals surface area contributed by atoms with E-state index < -0.39 is 0 Å². The van der Waals surface area contributed by atoms with E-state index in [1.807, 2.05) is 13.0 Å². The van der Waals surface area contributed by atoms with Crippen LogP contribution < -0.4 is 11.1 Å². The van der Waals surface area contributed by atoms with Gasteiger partial charge >= 0.3 is 0 Å². The smallest absolute Gasteiger partial charge is 0.0374 e. The van der Waals surface area contributed by atoms with Crippen LogP contribution >= 0.6 is 0 Å². The maximum atomic E-state index is 5.88. The Morgan fingerprint density at radius 3 is 1.90 bits per heavy atom. The Hall–Kier alpha value is -1.96. The van der Waals surface area contributed by atoms with Crippen LogP contribution in [0.2, 0.25) is 0 Å². The molecule has 0 radical (unpaired) electrons. The third-order valence-corrected chi connectivity index (χ3v) is 3.34. The summed E-state index contributed by atoms with van der Waals surface area (Å²) in [5, 5.41) is 3.53. The van der Waals surface area contributed by atoms with E-state index in [0.717, 1.165) is 11.3 Å². The minimum atomic E-state index is 0.0735. The Labute approximate surface area is 122 Å². The van der Waals surface area contributed by atoms with Crippen LogP contribution in [0, 0.1) is 13.8 Å². The highest BCUT2D eigenvalue weighted by molar-refractivity contribution is 5.71. The molecule has 0 unspecified atom stereocenters. The maximum Gasteiger partial charge on any atom is 0.0374 e. The van der Waals surface area contributed by atoms with Gasteiger partial charge in [-0.25, -0.2) is 0 Å². The molecule has 0 amide bonds. The van der Waals surface area contributed by atoms with Crippen LogP contribution in [-0.4, -0.2) is 5.54 Å². The molecule has 106 valence electrons. The molecule has 20 heavy (non-hydrogen) atoms. The summed E-state index contributed by atoms with van der Waals surface area (Å²) in [4.78, 5) is 0. The fourth-order valence-electron chi connectivity index (χ4n) is 2.24. The average Bonchev–Trinajstić information content (AvgIpc) is 2.34. The van der Waals surface area contributed by atoms with Gasteiger partial charge in [0.1, 0.15) is 0 Å². The van der Waals surface area contributed by atoms with Crippen LogP contribution in [0.5, 0.6) is 0 Å². The van der Waals surface area contributed by atoms with Crippen LogP contribution in [0.4, 0.5) is 11.4 Å². The van der Waals surface area contributed by atoms with Crippen molar-refractivity contribution in [1.82, 2.24) is 0 Å². The van der Waals surface area contributed by atoms with Crippen molar-refractivity contribution in [2.24, 2.45) is 0 Å². The van der Waals surface area contributed by atoms with Gasteiger partial charge in [0.15, 0.2) is 0 Å². The predicted molar refractivity (Wildman–Crippen MR) is 89.1 cm³/mol. The largest absolute Gasteiger partial charge is 0.399 e. The van der Waals surface area contributed by atoms with Gasteiger partial charge in [0.05, 0.1) is 0 Å². The second-order valence-electron chi connectivity index (χ2n) is 6.48. The third kappa shape index (κ3) is 3.32. The summed E-state index contributed by atoms with van der Waals surface area (Å²) in [6.45, 7) is 10.7. The number of anilines is 2. The summed E-state index contributed by atoms with van der Waals surface area (Å²) in [7, 11) is 0. The van der Waals surface area contributed by atoms with E-state index in [9.17, 15) is 0 Å². The molecule has 0 bridgehead atoms. The molecule has 0 spiro atoms. The molecule has 0 atom stereocenters. The van der Waals surface area contributed by atoms with Crippen molar-refractivity contribution in [3.8, 4) is 11.1 Å². The molecule has 0 aliphatic rings. The molecular formula is C18H24N2. The molecule has 0 aliphatic heterocycles. The lowest BCUT2D eigenvalue weighted by Gasteiger charge is -2.24. The first-order valence-corrected chi connectivity index (χ1v) is 7.01. The number of aryl methyl sites for hydroxylation is 2. The number of benzene rings is 2. The van der Waals surface area contributed by atoms with Crippen molar-refractivity contribution in [2.75, 3.05) is 11.1 Å². The molecule has 0 aliphatic carbocycles. The number of nitrogens with two attached hydrogens (primary N) is 1. The number of nitrogen functional groups attached to an aromatic ring is 1. The molecule has 0 heterocycles. The van der Waals surface area contributed by atoms with Gasteiger partial charge in [-0.05, 0) is 81.1 Å². The van der Waals surface area contributed by atoms with E-state index in [0.29, 0.717) is 0 Å². The molecule has 2 nitrogen and oxygen atoms in total. The van der Waals surface area contributed by atoms with Gasteiger partial charge in [-0.2, -0.15) is 0 Å². The number of hydrogen-bond acceptors (Lipinski definition) is 2. The second-order valence-corrected chi connectivity index (χ2v) is 6.48. The molecule has 2 aromatic rings. The minimum absolute atomic E-state index is 0.0735. The average molecular weight is 268 g/mol. The van der Waals surface area contributed by atoms with E-state index in [4.69, 9.17) is 5.73 Å². The molecule has 0 fully saturated rings. The van der Waals surface area contributed by atoms with Crippen molar-refractivity contribution in [1.29, 1.82) is 0 Å². The van der Waals surface area contributed by atoms with Gasteiger partial charge in [0.2, 0.25) is 0 Å². The Balaban J connectivity index is 2.35. The first-order chi connectivity index (χ1) is 9.26. The molecule has 2 heteroatoms. The normalized spacial score (nSPS) is 11.4. The SMILES string of the molecule is Cc1cc(-c2ccc(NC(C)(C)C)c(C)c2)ccc1N. The molecule has 0 aromatic heterocycles. The van der Waals surface area contributed by atoms with Gasteiger partial charge in [-0.1, -0.05) is 12.1 Å². The lowest BCUT2D eigenvalue weighted by Crippen LogP contribution is -2.26. The van der Waals surface area contributed by atoms with Crippen molar-refractivity contribution >= 4 is 11.4 Å². The topological polar surface area (TPSA) is 38.0 Å². The van der Waals surface area contributed by atoms with Crippen molar-refractivity contribution in [3.05, 3.63) is 47.5 Å². The highest BCUT2D eigenvalue weighted by Crippen LogP contribution is 2.28. The van der Waals surface area contributed by atoms with E-state index in [2.05, 4.69) is 63.3 Å². The Morgan fingerprint density at radius 2 is 1.40 bits per heavy atom. The Bertz CT molecular complexity index is 622. The van der Waals surface area contributed by atoms with Crippen LogP contribution in [0.15, 0.2) is 36.4 Å². The van der Waals surface area contributed by atoms with E-state index >= 15 is 0 Å². The highest BCUT2D eigenvalue weighted by atomic mass is 14.9. The van der Waals surface area contributed by atoms with E-state index in [1.54, 1.807) is 0 Å². The summed E-state index contributed by atoms with van der Waals surface area (Å²) in [5.74, 6) is 0. The van der Waals surface area contributed by atoms with E-state index in [-0.39, 0.29) is 5.54 Å². The molecule has 0 saturated heterocycles. The summed E-state index contributed by atoms with van der Waals surface area (Å²) in [5.41, 5.74) is 12.8. The first-order valence-electron chi connectivity index (χ1n) is 7.01. The highest BCUT2D eigenvalue weighted by Gasteiger charge is 2.11. The van der Waals surface area contributed by atoms with Crippen molar-refractivity contribution in [3.63, 3.8) is 0 Å². The summed E-state index contributed by atoms with van der Waals surface area (Å²) in [6, 6.07) is 12.7. The monoisotopic (exact) mass is 268 g/mol. The van der Waals surface area contributed by atoms with Crippen LogP contribution in [0.1, 0.15) is 31.9 Å². The lowest BCUT2D eigenvalue weighted by atomic mass is 9.99. The fraction of sp³-hybridized carbons (Fsp3) is 0.333. The summed E-state index contributed by atoms with van der Waals surface area (Å²) >= 11 is 0. The number of hydrogen-bond donors (Lipinski definition) is 2. The van der Waals surface area contributed by atoms with Crippen molar-refractivity contribution < 1.29 is 0 Å². The predicted octanol–water partition coefficient (Wildman–Crippen LogP) is 4.76. The van der Waals surface area contributed by atoms with Crippen LogP contribution in [0.3, 0.4) is 0 Å². The zero-order valence-electron chi connectivity index (χ0n) is 13.0. The summed E-state index contributed by atoms with van der Waals surface area (Å²) in [6.07, 6.45) is 0. The first kappa shape index (κ1) is 14.4. The van der Waals surface area contributed by atoms with Gasteiger partial charge in [-0.3, -0.25) is 0 Å². The maximum absolute atomic E-state index is 5.88. The fourth-order valence-corrected chi connectivity index (χ4v) is 2.24. The molecule has 2 rings (SSSR count). The third-order valence-electron chi connectivity index (χ3n) is 3.34.